The van der Waals surface area contributed by atoms with Crippen molar-refractivity contribution in [2.75, 3.05) is 0 Å². The van der Waals surface area contributed by atoms with E-state index in [4.69, 9.17) is 15.0 Å². The van der Waals surface area contributed by atoms with Gasteiger partial charge in [0.25, 0.3) is 0 Å². The molecule has 0 atom stereocenters. The number of fused-ring (bicyclic) bond motifs is 3. The average molecular weight is 539 g/mol. The molecular formula is C38H26N4. The predicted octanol–water partition coefficient (Wildman–Crippen LogP) is 9.41. The highest BCUT2D eigenvalue weighted by Crippen LogP contribution is 2.32. The van der Waals surface area contributed by atoms with E-state index in [-0.39, 0.29) is 0 Å². The highest BCUT2D eigenvalue weighted by atomic mass is 15.0. The number of nitrogens with zero attached hydrogens (tertiary/aromatic N) is 4. The molecule has 4 heteroatoms. The summed E-state index contributed by atoms with van der Waals surface area (Å²) >= 11 is 0. The van der Waals surface area contributed by atoms with Gasteiger partial charge in [-0.3, -0.25) is 0 Å². The monoisotopic (exact) mass is 538 g/mol. The number of imidazole rings is 1. The molecule has 42 heavy (non-hydrogen) atoms. The Bertz CT molecular complexity index is 2160. The van der Waals surface area contributed by atoms with Gasteiger partial charge in [-0.1, -0.05) is 103 Å². The zero-order valence-corrected chi connectivity index (χ0v) is 23.1. The second-order valence-electron chi connectivity index (χ2n) is 10.6. The summed E-state index contributed by atoms with van der Waals surface area (Å²) in [5.74, 6) is 0.696. The molecule has 8 aromatic rings. The van der Waals surface area contributed by atoms with Crippen LogP contribution in [0.5, 0.6) is 0 Å². The molecule has 0 unspecified atom stereocenters. The van der Waals surface area contributed by atoms with Crippen LogP contribution in [0.2, 0.25) is 0 Å². The highest BCUT2D eigenvalue weighted by molar-refractivity contribution is 5.89. The molecule has 3 aromatic heterocycles. The van der Waals surface area contributed by atoms with E-state index in [0.717, 1.165) is 50.7 Å². The zero-order chi connectivity index (χ0) is 28.0. The lowest BCUT2D eigenvalue weighted by Crippen LogP contribution is -1.96. The van der Waals surface area contributed by atoms with Crippen molar-refractivity contribution in [2.24, 2.45) is 0 Å². The first-order valence-electron chi connectivity index (χ1n) is 14.1. The standard InChI is InChI=1S/C38H26N4/c1-25-37(41-36-12-6-7-21-42(25)36)28-15-17-29(18-16-28)38-39-34(32-19-13-26-8-2-4-10-30(26)22-32)24-35(40-38)33-20-14-27-9-3-5-11-31(27)23-33/h2-24H,1H3. The third-order valence-corrected chi connectivity index (χ3v) is 8.00. The van der Waals surface area contributed by atoms with Crippen LogP contribution in [0.1, 0.15) is 5.69 Å². The number of benzene rings is 5. The van der Waals surface area contributed by atoms with Crippen LogP contribution in [0.15, 0.2) is 140 Å². The van der Waals surface area contributed by atoms with Crippen molar-refractivity contribution >= 4 is 27.2 Å². The Hall–Kier alpha value is -5.61. The van der Waals surface area contributed by atoms with E-state index in [2.05, 4.69) is 133 Å². The lowest BCUT2D eigenvalue weighted by Gasteiger charge is -2.11. The number of aryl methyl sites for hydroxylation is 1. The SMILES string of the molecule is Cc1c(-c2ccc(-c3nc(-c4ccc5ccccc5c4)cc(-c4ccc5ccccc5c4)n3)cc2)nc2ccccn12. The summed E-state index contributed by atoms with van der Waals surface area (Å²) in [5, 5.41) is 4.80. The molecule has 0 fully saturated rings. The Morgan fingerprint density at radius 3 is 1.57 bits per heavy atom. The zero-order valence-electron chi connectivity index (χ0n) is 23.1. The lowest BCUT2D eigenvalue weighted by atomic mass is 10.0. The van der Waals surface area contributed by atoms with Crippen molar-refractivity contribution < 1.29 is 0 Å². The van der Waals surface area contributed by atoms with Gasteiger partial charge in [-0.15, -0.1) is 0 Å². The Morgan fingerprint density at radius 1 is 0.452 bits per heavy atom. The quantitative estimate of drug-likeness (QED) is 0.224. The van der Waals surface area contributed by atoms with Crippen molar-refractivity contribution in [1.29, 1.82) is 0 Å². The van der Waals surface area contributed by atoms with E-state index >= 15 is 0 Å². The van der Waals surface area contributed by atoms with Crippen LogP contribution in [-0.2, 0) is 0 Å². The molecule has 0 radical (unpaired) electrons. The fourth-order valence-electron chi connectivity index (χ4n) is 5.74. The van der Waals surface area contributed by atoms with Crippen LogP contribution in [-0.4, -0.2) is 19.4 Å². The third-order valence-electron chi connectivity index (χ3n) is 8.00. The molecule has 0 amide bonds. The molecule has 5 aromatic carbocycles. The summed E-state index contributed by atoms with van der Waals surface area (Å²) in [5.41, 5.74) is 9.00. The third kappa shape index (κ3) is 4.21. The van der Waals surface area contributed by atoms with Gasteiger partial charge < -0.3 is 4.40 Å². The Morgan fingerprint density at radius 2 is 0.976 bits per heavy atom. The summed E-state index contributed by atoms with van der Waals surface area (Å²) in [6.45, 7) is 2.11. The predicted molar refractivity (Wildman–Crippen MR) is 172 cm³/mol. The first-order valence-corrected chi connectivity index (χ1v) is 14.1. The summed E-state index contributed by atoms with van der Waals surface area (Å²) in [6.07, 6.45) is 2.05. The molecule has 0 aliphatic rings. The average Bonchev–Trinajstić information content (AvgIpc) is 3.40. The van der Waals surface area contributed by atoms with E-state index < -0.39 is 0 Å². The molecule has 198 valence electrons. The van der Waals surface area contributed by atoms with Crippen molar-refractivity contribution in [1.82, 2.24) is 19.4 Å². The van der Waals surface area contributed by atoms with E-state index in [1.165, 1.54) is 21.5 Å². The maximum Gasteiger partial charge on any atom is 0.160 e. The second-order valence-corrected chi connectivity index (χ2v) is 10.6. The molecular weight excluding hydrogens is 512 g/mol. The first kappa shape index (κ1) is 24.2. The Balaban J connectivity index is 1.26. The van der Waals surface area contributed by atoms with Crippen molar-refractivity contribution in [3.8, 4) is 45.2 Å². The summed E-state index contributed by atoms with van der Waals surface area (Å²) < 4.78 is 2.12. The Labute approximate surface area is 243 Å². The summed E-state index contributed by atoms with van der Waals surface area (Å²) in [4.78, 5) is 15.1. The van der Waals surface area contributed by atoms with Crippen LogP contribution in [0.3, 0.4) is 0 Å². The van der Waals surface area contributed by atoms with Crippen LogP contribution in [0.25, 0.3) is 72.4 Å². The van der Waals surface area contributed by atoms with Gasteiger partial charge >= 0.3 is 0 Å². The molecule has 0 saturated carbocycles. The number of hydrogen-bond donors (Lipinski definition) is 0. The Kier molecular flexibility index (Phi) is 5.64. The minimum absolute atomic E-state index is 0.696. The van der Waals surface area contributed by atoms with E-state index in [9.17, 15) is 0 Å². The largest absolute Gasteiger partial charge is 0.304 e. The normalized spacial score (nSPS) is 11.5. The van der Waals surface area contributed by atoms with Crippen LogP contribution in [0, 0.1) is 6.92 Å². The maximum atomic E-state index is 5.09. The smallest absolute Gasteiger partial charge is 0.160 e. The van der Waals surface area contributed by atoms with Crippen molar-refractivity contribution in [3.05, 3.63) is 145 Å². The van der Waals surface area contributed by atoms with Gasteiger partial charge in [0, 0.05) is 34.1 Å². The highest BCUT2D eigenvalue weighted by Gasteiger charge is 2.14. The number of pyridine rings is 1. The van der Waals surface area contributed by atoms with Crippen LogP contribution >= 0.6 is 0 Å². The fraction of sp³-hybridized carbons (Fsp3) is 0.0263. The molecule has 3 heterocycles. The van der Waals surface area contributed by atoms with Gasteiger partial charge in [0.05, 0.1) is 17.1 Å². The molecule has 0 saturated heterocycles. The molecule has 0 aliphatic carbocycles. The number of hydrogen-bond acceptors (Lipinski definition) is 3. The second kappa shape index (κ2) is 9.79. The number of aromatic nitrogens is 4. The van der Waals surface area contributed by atoms with E-state index in [1.807, 2.05) is 18.2 Å². The van der Waals surface area contributed by atoms with Gasteiger partial charge in [0.2, 0.25) is 0 Å². The first-order chi connectivity index (χ1) is 20.7. The molecule has 0 bridgehead atoms. The lowest BCUT2D eigenvalue weighted by molar-refractivity contribution is 1.11. The van der Waals surface area contributed by atoms with Crippen molar-refractivity contribution in [2.45, 2.75) is 6.92 Å². The van der Waals surface area contributed by atoms with E-state index in [0.29, 0.717) is 5.82 Å². The number of rotatable bonds is 4. The maximum absolute atomic E-state index is 5.09. The van der Waals surface area contributed by atoms with Crippen molar-refractivity contribution in [3.63, 3.8) is 0 Å². The topological polar surface area (TPSA) is 43.1 Å². The summed E-state index contributed by atoms with van der Waals surface area (Å²) in [7, 11) is 0. The van der Waals surface area contributed by atoms with Crippen LogP contribution < -0.4 is 0 Å². The minimum Gasteiger partial charge on any atom is -0.304 e. The van der Waals surface area contributed by atoms with E-state index in [1.54, 1.807) is 0 Å². The molecule has 4 nitrogen and oxygen atoms in total. The molecule has 0 spiro atoms. The van der Waals surface area contributed by atoms with Gasteiger partial charge in [0.15, 0.2) is 5.82 Å². The van der Waals surface area contributed by atoms with Gasteiger partial charge in [-0.25, -0.2) is 15.0 Å². The summed E-state index contributed by atoms with van der Waals surface area (Å²) in [6, 6.07) is 46.5. The van der Waals surface area contributed by atoms with Crippen LogP contribution in [0.4, 0.5) is 0 Å². The fourth-order valence-corrected chi connectivity index (χ4v) is 5.74. The van der Waals surface area contributed by atoms with Gasteiger partial charge in [-0.05, 0) is 58.8 Å². The molecule has 0 aliphatic heterocycles. The minimum atomic E-state index is 0.696. The van der Waals surface area contributed by atoms with Gasteiger partial charge in [-0.2, -0.15) is 0 Å². The molecule has 8 rings (SSSR count). The molecule has 0 N–H and O–H groups in total. The van der Waals surface area contributed by atoms with Gasteiger partial charge in [0.1, 0.15) is 5.65 Å².